The van der Waals surface area contributed by atoms with Crippen LogP contribution in [0.4, 0.5) is 4.39 Å². The fraction of sp³-hybridized carbons (Fsp3) is 0.312. The van der Waals surface area contributed by atoms with Crippen LogP contribution in [0.25, 0.3) is 11.3 Å². The van der Waals surface area contributed by atoms with Gasteiger partial charge in [-0.15, -0.1) is 0 Å². The maximum atomic E-state index is 13.5. The summed E-state index contributed by atoms with van der Waals surface area (Å²) >= 11 is 0. The van der Waals surface area contributed by atoms with Gasteiger partial charge in [0.05, 0.1) is 5.56 Å². The molecule has 2 rings (SSSR count). The Morgan fingerprint density at radius 2 is 2.05 bits per heavy atom. The summed E-state index contributed by atoms with van der Waals surface area (Å²) in [5, 5.41) is 8.69. The number of benzene rings is 1. The molecule has 0 saturated heterocycles. The van der Waals surface area contributed by atoms with E-state index < -0.39 is 5.82 Å². The molecule has 0 aliphatic heterocycles. The summed E-state index contributed by atoms with van der Waals surface area (Å²) in [6.07, 6.45) is 4.37. The molecule has 0 radical (unpaired) electrons. The van der Waals surface area contributed by atoms with E-state index in [0.29, 0.717) is 11.3 Å². The first-order chi connectivity index (χ1) is 9.24. The van der Waals surface area contributed by atoms with Crippen LogP contribution in [-0.4, -0.2) is 0 Å². The standard InChI is InChI=1S/C16H16FNO/c1-2-3-4-5-14-8-9-16(19-14)12-6-7-13(11-18)15(17)10-12/h6-10H,2-5H2,1H3. The van der Waals surface area contributed by atoms with Crippen molar-refractivity contribution >= 4 is 0 Å². The zero-order valence-electron chi connectivity index (χ0n) is 10.9. The highest BCUT2D eigenvalue weighted by Crippen LogP contribution is 2.24. The predicted octanol–water partition coefficient (Wildman–Crippen LogP) is 4.69. The van der Waals surface area contributed by atoms with E-state index in [1.807, 2.05) is 18.2 Å². The Morgan fingerprint density at radius 1 is 1.21 bits per heavy atom. The zero-order chi connectivity index (χ0) is 13.7. The molecule has 1 aromatic heterocycles. The van der Waals surface area contributed by atoms with Gasteiger partial charge in [-0.3, -0.25) is 0 Å². The molecule has 3 heteroatoms. The average molecular weight is 257 g/mol. The maximum absolute atomic E-state index is 13.5. The molecule has 0 saturated carbocycles. The molecule has 0 N–H and O–H groups in total. The van der Waals surface area contributed by atoms with Gasteiger partial charge in [0.2, 0.25) is 0 Å². The van der Waals surface area contributed by atoms with Gasteiger partial charge >= 0.3 is 0 Å². The molecule has 0 bridgehead atoms. The molecule has 0 atom stereocenters. The predicted molar refractivity (Wildman–Crippen MR) is 72.0 cm³/mol. The molecule has 0 aliphatic rings. The summed E-state index contributed by atoms with van der Waals surface area (Å²) in [5.74, 6) is 1.06. The number of nitriles is 1. The maximum Gasteiger partial charge on any atom is 0.141 e. The topological polar surface area (TPSA) is 36.9 Å². The van der Waals surface area contributed by atoms with Crippen molar-refractivity contribution in [1.29, 1.82) is 5.26 Å². The fourth-order valence-electron chi connectivity index (χ4n) is 1.98. The van der Waals surface area contributed by atoms with Crippen LogP contribution in [0, 0.1) is 17.1 Å². The van der Waals surface area contributed by atoms with Crippen LogP contribution in [0.5, 0.6) is 0 Å². The first-order valence-electron chi connectivity index (χ1n) is 6.53. The van der Waals surface area contributed by atoms with E-state index in [9.17, 15) is 4.39 Å². The number of furan rings is 1. The largest absolute Gasteiger partial charge is 0.461 e. The molecule has 0 unspecified atom stereocenters. The van der Waals surface area contributed by atoms with Crippen molar-refractivity contribution in [1.82, 2.24) is 0 Å². The van der Waals surface area contributed by atoms with Crippen LogP contribution in [0.15, 0.2) is 34.7 Å². The van der Waals surface area contributed by atoms with Crippen molar-refractivity contribution in [3.63, 3.8) is 0 Å². The number of nitrogens with zero attached hydrogens (tertiary/aromatic N) is 1. The molecule has 0 fully saturated rings. The Bertz CT molecular complexity index is 595. The first kappa shape index (κ1) is 13.4. The third kappa shape index (κ3) is 3.23. The van der Waals surface area contributed by atoms with E-state index in [1.165, 1.54) is 25.0 Å². The van der Waals surface area contributed by atoms with Crippen molar-refractivity contribution < 1.29 is 8.81 Å². The Labute approximate surface area is 112 Å². The number of hydrogen-bond donors (Lipinski definition) is 0. The van der Waals surface area contributed by atoms with Gasteiger partial charge in [-0.1, -0.05) is 19.8 Å². The number of rotatable bonds is 5. The molecular weight excluding hydrogens is 241 g/mol. The molecule has 98 valence electrons. The monoisotopic (exact) mass is 257 g/mol. The molecular formula is C16H16FNO. The summed E-state index contributed by atoms with van der Waals surface area (Å²) < 4.78 is 19.2. The van der Waals surface area contributed by atoms with Crippen LogP contribution in [0.1, 0.15) is 37.5 Å². The second-order valence-electron chi connectivity index (χ2n) is 4.53. The second-order valence-corrected chi connectivity index (χ2v) is 4.53. The highest BCUT2D eigenvalue weighted by Gasteiger charge is 2.08. The normalized spacial score (nSPS) is 10.4. The van der Waals surface area contributed by atoms with Crippen molar-refractivity contribution in [2.24, 2.45) is 0 Å². The molecule has 19 heavy (non-hydrogen) atoms. The third-order valence-electron chi connectivity index (χ3n) is 3.06. The highest BCUT2D eigenvalue weighted by molar-refractivity contribution is 5.59. The Morgan fingerprint density at radius 3 is 2.74 bits per heavy atom. The van der Waals surface area contributed by atoms with E-state index in [0.717, 1.165) is 18.6 Å². The molecule has 1 heterocycles. The lowest BCUT2D eigenvalue weighted by molar-refractivity contribution is 0.508. The molecule has 1 aromatic carbocycles. The van der Waals surface area contributed by atoms with Crippen molar-refractivity contribution in [2.75, 3.05) is 0 Å². The fourth-order valence-corrected chi connectivity index (χ4v) is 1.98. The third-order valence-corrected chi connectivity index (χ3v) is 3.06. The smallest absolute Gasteiger partial charge is 0.141 e. The van der Waals surface area contributed by atoms with E-state index in [4.69, 9.17) is 9.68 Å². The summed E-state index contributed by atoms with van der Waals surface area (Å²) in [4.78, 5) is 0. The minimum Gasteiger partial charge on any atom is -0.461 e. The van der Waals surface area contributed by atoms with Gasteiger partial charge in [-0.05, 0) is 36.8 Å². The first-order valence-corrected chi connectivity index (χ1v) is 6.53. The number of aryl methyl sites for hydroxylation is 1. The van der Waals surface area contributed by atoms with Gasteiger partial charge in [0.1, 0.15) is 23.4 Å². The Hall–Kier alpha value is -2.08. The van der Waals surface area contributed by atoms with E-state index in [-0.39, 0.29) is 5.56 Å². The summed E-state index contributed by atoms with van der Waals surface area (Å²) in [6.45, 7) is 2.16. The van der Waals surface area contributed by atoms with Crippen molar-refractivity contribution in [3.05, 3.63) is 47.5 Å². The van der Waals surface area contributed by atoms with Crippen LogP contribution in [0.3, 0.4) is 0 Å². The number of halogens is 1. The molecule has 0 spiro atoms. The average Bonchev–Trinajstić information content (AvgIpc) is 2.88. The van der Waals surface area contributed by atoms with Gasteiger partial charge in [0.25, 0.3) is 0 Å². The molecule has 0 amide bonds. The van der Waals surface area contributed by atoms with Crippen LogP contribution >= 0.6 is 0 Å². The molecule has 2 aromatic rings. The lowest BCUT2D eigenvalue weighted by Crippen LogP contribution is -1.84. The minimum absolute atomic E-state index is 0.0541. The summed E-state index contributed by atoms with van der Waals surface area (Å²) in [7, 11) is 0. The van der Waals surface area contributed by atoms with Crippen LogP contribution in [0.2, 0.25) is 0 Å². The lowest BCUT2D eigenvalue weighted by atomic mass is 10.1. The zero-order valence-corrected chi connectivity index (χ0v) is 10.9. The second kappa shape index (κ2) is 6.19. The van der Waals surface area contributed by atoms with Gasteiger partial charge in [0, 0.05) is 12.0 Å². The minimum atomic E-state index is -0.510. The van der Waals surface area contributed by atoms with Gasteiger partial charge in [-0.25, -0.2) is 4.39 Å². The Kier molecular flexibility index (Phi) is 4.35. The van der Waals surface area contributed by atoms with Crippen LogP contribution in [-0.2, 0) is 6.42 Å². The van der Waals surface area contributed by atoms with E-state index in [1.54, 1.807) is 6.07 Å². The van der Waals surface area contributed by atoms with Gasteiger partial charge in [-0.2, -0.15) is 5.26 Å². The van der Waals surface area contributed by atoms with Crippen LogP contribution < -0.4 is 0 Å². The van der Waals surface area contributed by atoms with Gasteiger partial charge < -0.3 is 4.42 Å². The van der Waals surface area contributed by atoms with E-state index >= 15 is 0 Å². The highest BCUT2D eigenvalue weighted by atomic mass is 19.1. The quantitative estimate of drug-likeness (QED) is 0.728. The van der Waals surface area contributed by atoms with Crippen molar-refractivity contribution in [2.45, 2.75) is 32.6 Å². The SMILES string of the molecule is CCCCCc1ccc(-c2ccc(C#N)c(F)c2)o1. The van der Waals surface area contributed by atoms with Gasteiger partial charge in [0.15, 0.2) is 0 Å². The summed E-state index contributed by atoms with van der Waals surface area (Å²) in [5.41, 5.74) is 0.719. The lowest BCUT2D eigenvalue weighted by Gasteiger charge is -1.99. The van der Waals surface area contributed by atoms with Crippen molar-refractivity contribution in [3.8, 4) is 17.4 Å². The van der Waals surface area contributed by atoms with E-state index in [2.05, 4.69) is 6.92 Å². The molecule has 2 nitrogen and oxygen atoms in total. The molecule has 0 aliphatic carbocycles. The number of hydrogen-bond acceptors (Lipinski definition) is 2. The Balaban J connectivity index is 2.14. The summed E-state index contributed by atoms with van der Waals surface area (Å²) in [6, 6.07) is 10.1. The number of unbranched alkanes of at least 4 members (excludes halogenated alkanes) is 2.